The van der Waals surface area contributed by atoms with Crippen molar-refractivity contribution in [2.45, 2.75) is 0 Å². The van der Waals surface area contributed by atoms with Gasteiger partial charge in [-0.15, -0.1) is 0 Å². The Hall–Kier alpha value is -2.14. The van der Waals surface area contributed by atoms with E-state index in [0.717, 1.165) is 11.2 Å². The molecule has 0 atom stereocenters. The number of nitrogens with zero attached hydrogens (tertiary/aromatic N) is 1. The van der Waals surface area contributed by atoms with Gasteiger partial charge in [0.05, 0.1) is 11.1 Å². The van der Waals surface area contributed by atoms with Crippen molar-refractivity contribution in [3.63, 3.8) is 0 Å². The van der Waals surface area contributed by atoms with Crippen LogP contribution >= 0.6 is 15.9 Å². The van der Waals surface area contributed by atoms with Gasteiger partial charge in [0.2, 0.25) is 0 Å². The molecule has 1 heterocycles. The lowest BCUT2D eigenvalue weighted by atomic mass is 10.1. The molecule has 0 unspecified atom stereocenters. The second-order valence-electron chi connectivity index (χ2n) is 4.35. The van der Waals surface area contributed by atoms with Crippen molar-refractivity contribution in [1.82, 2.24) is 4.57 Å². The molecular weight excluding hydrogens is 325 g/mol. The van der Waals surface area contributed by atoms with E-state index < -0.39 is 5.97 Å². The number of aromatic nitrogens is 1. The number of benzene rings is 2. The maximum Gasteiger partial charge on any atom is 0.336 e. The molecule has 100 valence electrons. The Balaban J connectivity index is 2.28. The average molecular weight is 334 g/mol. The fourth-order valence-corrected chi connectivity index (χ4v) is 2.66. The third-order valence-corrected chi connectivity index (χ3v) is 3.57. The van der Waals surface area contributed by atoms with Crippen LogP contribution in [0.1, 0.15) is 10.4 Å². The number of carboxylic acid groups (broad SMARTS) is 1. The molecule has 0 aliphatic carbocycles. The molecule has 2 aromatic carbocycles. The van der Waals surface area contributed by atoms with Crippen LogP contribution in [-0.4, -0.2) is 15.6 Å². The van der Waals surface area contributed by atoms with Gasteiger partial charge in [-0.3, -0.25) is 0 Å². The van der Waals surface area contributed by atoms with Crippen molar-refractivity contribution < 1.29 is 14.3 Å². The summed E-state index contributed by atoms with van der Waals surface area (Å²) in [6.07, 6.45) is 1.77. The van der Waals surface area contributed by atoms with Crippen molar-refractivity contribution in [2.24, 2.45) is 0 Å². The van der Waals surface area contributed by atoms with Gasteiger partial charge in [-0.05, 0) is 42.5 Å². The molecule has 1 aromatic heterocycles. The Labute approximate surface area is 122 Å². The summed E-state index contributed by atoms with van der Waals surface area (Å²) < 4.78 is 15.5. The first-order chi connectivity index (χ1) is 9.56. The number of fused-ring (bicyclic) bond motifs is 1. The summed E-state index contributed by atoms with van der Waals surface area (Å²) in [5, 5.41) is 9.89. The highest BCUT2D eigenvalue weighted by molar-refractivity contribution is 9.10. The van der Waals surface area contributed by atoms with Crippen LogP contribution in [0.5, 0.6) is 0 Å². The quantitative estimate of drug-likeness (QED) is 0.762. The molecule has 3 nitrogen and oxygen atoms in total. The standard InChI is InChI=1S/C15H9BrFNO2/c16-9-7-13(15(19)20)12-5-6-18(14(12)8-9)11-3-1-10(17)2-4-11/h1-8H,(H,19,20). The molecule has 0 fully saturated rings. The Morgan fingerprint density at radius 1 is 1.15 bits per heavy atom. The molecule has 0 saturated carbocycles. The van der Waals surface area contributed by atoms with Gasteiger partial charge in [-0.2, -0.15) is 0 Å². The van der Waals surface area contributed by atoms with Crippen LogP contribution in [0.25, 0.3) is 16.6 Å². The van der Waals surface area contributed by atoms with Crippen LogP contribution in [0.3, 0.4) is 0 Å². The minimum absolute atomic E-state index is 0.232. The highest BCUT2D eigenvalue weighted by atomic mass is 79.9. The minimum Gasteiger partial charge on any atom is -0.478 e. The summed E-state index contributed by atoms with van der Waals surface area (Å²) in [7, 11) is 0. The third-order valence-electron chi connectivity index (χ3n) is 3.11. The number of hydrogen-bond acceptors (Lipinski definition) is 1. The SMILES string of the molecule is O=C(O)c1cc(Br)cc2c1ccn2-c1ccc(F)cc1. The van der Waals surface area contributed by atoms with Gasteiger partial charge >= 0.3 is 5.97 Å². The van der Waals surface area contributed by atoms with Gasteiger partial charge in [0.25, 0.3) is 0 Å². The average Bonchev–Trinajstić information content (AvgIpc) is 2.82. The second-order valence-corrected chi connectivity index (χ2v) is 5.27. The second kappa shape index (κ2) is 4.76. The maximum absolute atomic E-state index is 13.0. The molecule has 1 N–H and O–H groups in total. The van der Waals surface area contributed by atoms with Gasteiger partial charge in [0, 0.05) is 21.7 Å². The predicted octanol–water partition coefficient (Wildman–Crippen LogP) is 4.23. The zero-order valence-corrected chi connectivity index (χ0v) is 11.8. The molecule has 0 saturated heterocycles. The van der Waals surface area contributed by atoms with E-state index >= 15 is 0 Å². The molecule has 0 spiro atoms. The van der Waals surface area contributed by atoms with Crippen molar-refractivity contribution in [3.05, 3.63) is 64.5 Å². The van der Waals surface area contributed by atoms with Crippen LogP contribution in [0.15, 0.2) is 53.1 Å². The first kappa shape index (κ1) is 12.9. The van der Waals surface area contributed by atoms with E-state index in [1.807, 2.05) is 10.6 Å². The van der Waals surface area contributed by atoms with Gasteiger partial charge in [0.15, 0.2) is 0 Å². The van der Waals surface area contributed by atoms with E-state index in [-0.39, 0.29) is 11.4 Å². The highest BCUT2D eigenvalue weighted by Crippen LogP contribution is 2.27. The van der Waals surface area contributed by atoms with Crippen LogP contribution in [0.4, 0.5) is 4.39 Å². The molecule has 0 bridgehead atoms. The van der Waals surface area contributed by atoms with E-state index in [4.69, 9.17) is 0 Å². The van der Waals surface area contributed by atoms with Gasteiger partial charge < -0.3 is 9.67 Å². The highest BCUT2D eigenvalue weighted by Gasteiger charge is 2.13. The Bertz CT molecular complexity index is 809. The summed E-state index contributed by atoms with van der Waals surface area (Å²) in [5.74, 6) is -1.29. The van der Waals surface area contributed by atoms with Gasteiger partial charge in [-0.25, -0.2) is 9.18 Å². The van der Waals surface area contributed by atoms with Crippen molar-refractivity contribution in [2.75, 3.05) is 0 Å². The van der Waals surface area contributed by atoms with E-state index in [0.29, 0.717) is 9.86 Å². The van der Waals surface area contributed by atoms with E-state index in [9.17, 15) is 14.3 Å². The molecule has 20 heavy (non-hydrogen) atoms. The van der Waals surface area contributed by atoms with Gasteiger partial charge in [-0.1, -0.05) is 15.9 Å². The summed E-state index contributed by atoms with van der Waals surface area (Å²) in [5.41, 5.74) is 1.76. The van der Waals surface area contributed by atoms with E-state index in [2.05, 4.69) is 15.9 Å². The molecule has 0 aliphatic rings. The van der Waals surface area contributed by atoms with E-state index in [1.165, 1.54) is 12.1 Å². The zero-order valence-electron chi connectivity index (χ0n) is 10.2. The largest absolute Gasteiger partial charge is 0.478 e. The third kappa shape index (κ3) is 2.10. The Morgan fingerprint density at radius 2 is 1.85 bits per heavy atom. The summed E-state index contributed by atoms with van der Waals surface area (Å²) in [6.45, 7) is 0. The van der Waals surface area contributed by atoms with Crippen molar-refractivity contribution in [1.29, 1.82) is 0 Å². The van der Waals surface area contributed by atoms with Gasteiger partial charge in [0.1, 0.15) is 5.82 Å². The minimum atomic E-state index is -0.979. The number of rotatable bonds is 2. The summed E-state index contributed by atoms with van der Waals surface area (Å²) in [4.78, 5) is 11.3. The first-order valence-corrected chi connectivity index (χ1v) is 6.65. The van der Waals surface area contributed by atoms with E-state index in [1.54, 1.807) is 30.5 Å². The van der Waals surface area contributed by atoms with Crippen LogP contribution in [0, 0.1) is 5.82 Å². The van der Waals surface area contributed by atoms with Crippen molar-refractivity contribution >= 4 is 32.8 Å². The molecular formula is C15H9BrFNO2. The molecule has 3 aromatic rings. The maximum atomic E-state index is 13.0. The van der Waals surface area contributed by atoms with Crippen LogP contribution in [0.2, 0.25) is 0 Å². The molecule has 0 radical (unpaired) electrons. The Kier molecular flexibility index (Phi) is 3.06. The number of halogens is 2. The molecule has 0 aliphatic heterocycles. The number of carboxylic acids is 1. The number of carbonyl (C=O) groups is 1. The van der Waals surface area contributed by atoms with Crippen molar-refractivity contribution in [3.8, 4) is 5.69 Å². The van der Waals surface area contributed by atoms with Crippen LogP contribution in [-0.2, 0) is 0 Å². The smallest absolute Gasteiger partial charge is 0.336 e. The van der Waals surface area contributed by atoms with Crippen LogP contribution < -0.4 is 0 Å². The normalized spacial score (nSPS) is 10.9. The topological polar surface area (TPSA) is 42.2 Å². The number of hydrogen-bond donors (Lipinski definition) is 1. The predicted molar refractivity (Wildman–Crippen MR) is 77.9 cm³/mol. The summed E-state index contributed by atoms with van der Waals surface area (Å²) in [6, 6.07) is 11.2. The summed E-state index contributed by atoms with van der Waals surface area (Å²) >= 11 is 3.32. The lowest BCUT2D eigenvalue weighted by Gasteiger charge is -2.07. The molecule has 0 amide bonds. The zero-order chi connectivity index (χ0) is 14.3. The Morgan fingerprint density at radius 3 is 2.50 bits per heavy atom. The first-order valence-electron chi connectivity index (χ1n) is 5.86. The molecule has 3 rings (SSSR count). The number of aromatic carboxylic acids is 1. The lowest BCUT2D eigenvalue weighted by molar-refractivity contribution is 0.0699. The fourth-order valence-electron chi connectivity index (χ4n) is 2.21. The fraction of sp³-hybridized carbons (Fsp3) is 0. The monoisotopic (exact) mass is 333 g/mol. The lowest BCUT2D eigenvalue weighted by Crippen LogP contribution is -1.98. The molecule has 5 heteroatoms.